The molecule has 0 saturated carbocycles. The van der Waals surface area contributed by atoms with E-state index >= 15 is 0 Å². The van der Waals surface area contributed by atoms with Crippen molar-refractivity contribution in [3.8, 4) is 28.4 Å². The third-order valence-electron chi connectivity index (χ3n) is 6.11. The Bertz CT molecular complexity index is 1690. The zero-order chi connectivity index (χ0) is 24.1. The average molecular weight is 465 g/mol. The van der Waals surface area contributed by atoms with E-state index in [1.165, 1.54) is 18.5 Å². The van der Waals surface area contributed by atoms with Gasteiger partial charge in [0.05, 0.1) is 22.8 Å². The number of aromatic hydroxyl groups is 1. The maximum atomic E-state index is 14.1. The monoisotopic (exact) mass is 465 g/mol. The Kier molecular flexibility index (Phi) is 4.70. The van der Waals surface area contributed by atoms with Crippen molar-refractivity contribution < 1.29 is 9.50 Å². The van der Waals surface area contributed by atoms with Crippen LogP contribution in [0.2, 0.25) is 0 Å². The number of halogens is 1. The molecule has 3 N–H and O–H groups in total. The fourth-order valence-electron chi connectivity index (χ4n) is 4.55. The number of hydrogen-bond acceptors (Lipinski definition) is 6. The van der Waals surface area contributed by atoms with E-state index in [1.807, 2.05) is 49.5 Å². The highest BCUT2D eigenvalue weighted by atomic mass is 19.1. The van der Waals surface area contributed by atoms with Crippen LogP contribution < -0.4 is 5.73 Å². The summed E-state index contributed by atoms with van der Waals surface area (Å²) in [6.45, 7) is 2.01. The molecule has 0 aliphatic carbocycles. The number of pyridine rings is 2. The number of hydrogen-bond donors (Lipinski definition) is 2. The second kappa shape index (κ2) is 7.91. The Morgan fingerprint density at radius 2 is 1.86 bits per heavy atom. The van der Waals surface area contributed by atoms with Crippen molar-refractivity contribution in [2.75, 3.05) is 5.73 Å². The van der Waals surface area contributed by atoms with Crippen molar-refractivity contribution in [3.05, 3.63) is 90.8 Å². The lowest BCUT2D eigenvalue weighted by Gasteiger charge is -2.15. The van der Waals surface area contributed by atoms with Crippen LogP contribution in [0.3, 0.4) is 0 Å². The molecule has 6 aromatic rings. The molecule has 5 aromatic heterocycles. The largest absolute Gasteiger partial charge is 0.508 e. The van der Waals surface area contributed by atoms with E-state index in [-0.39, 0.29) is 17.6 Å². The van der Waals surface area contributed by atoms with Gasteiger partial charge in [0.25, 0.3) is 0 Å². The van der Waals surface area contributed by atoms with Crippen molar-refractivity contribution in [1.29, 1.82) is 0 Å². The fourth-order valence-corrected chi connectivity index (χ4v) is 4.55. The molecule has 0 fully saturated rings. The number of anilines is 1. The van der Waals surface area contributed by atoms with E-state index < -0.39 is 5.82 Å². The van der Waals surface area contributed by atoms with Gasteiger partial charge in [-0.1, -0.05) is 12.1 Å². The quantitative estimate of drug-likeness (QED) is 0.386. The van der Waals surface area contributed by atoms with Gasteiger partial charge in [0, 0.05) is 35.1 Å². The van der Waals surface area contributed by atoms with Gasteiger partial charge in [0.1, 0.15) is 29.4 Å². The first-order valence-corrected chi connectivity index (χ1v) is 11.0. The van der Waals surface area contributed by atoms with Gasteiger partial charge in [0.2, 0.25) is 0 Å². The van der Waals surface area contributed by atoms with Crippen LogP contribution in [0.4, 0.5) is 10.2 Å². The number of phenolic OH excluding ortho intramolecular Hbond substituents is 1. The first-order valence-electron chi connectivity index (χ1n) is 11.0. The molecule has 0 bridgehead atoms. The first-order chi connectivity index (χ1) is 17.0. The van der Waals surface area contributed by atoms with Crippen LogP contribution in [-0.4, -0.2) is 34.2 Å². The third-order valence-corrected chi connectivity index (χ3v) is 6.11. The molecule has 0 aliphatic heterocycles. The Morgan fingerprint density at radius 3 is 2.66 bits per heavy atom. The lowest BCUT2D eigenvalue weighted by atomic mass is 10.1. The van der Waals surface area contributed by atoms with Gasteiger partial charge in [-0.15, -0.1) is 0 Å². The Hall–Kier alpha value is -4.79. The Morgan fingerprint density at radius 1 is 1.00 bits per heavy atom. The SMILES string of the molecule is C[C@H](c1cc2ccccn2c1-c1ccccn1)n1nc(-c2cc(O)cc(F)c2)c2c(N)ncnc21. The number of rotatable bonds is 4. The molecule has 1 aromatic carbocycles. The highest BCUT2D eigenvalue weighted by Gasteiger charge is 2.25. The minimum Gasteiger partial charge on any atom is -0.508 e. The normalized spacial score (nSPS) is 12.4. The predicted molar refractivity (Wildman–Crippen MR) is 131 cm³/mol. The van der Waals surface area contributed by atoms with Crippen molar-refractivity contribution in [2.24, 2.45) is 0 Å². The maximum absolute atomic E-state index is 14.1. The highest BCUT2D eigenvalue weighted by molar-refractivity contribution is 5.98. The van der Waals surface area contributed by atoms with Crippen LogP contribution in [-0.2, 0) is 0 Å². The van der Waals surface area contributed by atoms with Gasteiger partial charge >= 0.3 is 0 Å². The summed E-state index contributed by atoms with van der Waals surface area (Å²) in [5.74, 6) is -0.566. The molecule has 0 radical (unpaired) electrons. The molecule has 6 rings (SSSR count). The van der Waals surface area contributed by atoms with Crippen LogP contribution in [0.1, 0.15) is 18.5 Å². The van der Waals surface area contributed by atoms with Gasteiger partial charge in [0.15, 0.2) is 5.65 Å². The predicted octanol–water partition coefficient (Wildman–Crippen LogP) is 4.84. The standard InChI is InChI=1S/C26H20FN7O/c1-15(20-13-18-6-3-5-9-33(18)24(20)21-7-2-4-8-29-21)34-26-22(25(28)30-14-31-26)23(32-34)16-10-17(27)12-19(35)11-16/h2-15,35H,1H3,(H2,28,30,31)/t15-/m1/s1. The molecule has 172 valence electrons. The average Bonchev–Trinajstić information content (AvgIpc) is 3.44. The summed E-state index contributed by atoms with van der Waals surface area (Å²) < 4.78 is 18.0. The zero-order valence-electron chi connectivity index (χ0n) is 18.7. The van der Waals surface area contributed by atoms with Gasteiger partial charge in [-0.05, 0) is 49.4 Å². The molecular formula is C26H20FN7O. The molecule has 1 atom stereocenters. The van der Waals surface area contributed by atoms with Crippen LogP contribution in [0.15, 0.2) is 79.4 Å². The van der Waals surface area contributed by atoms with E-state index in [1.54, 1.807) is 10.9 Å². The van der Waals surface area contributed by atoms with Crippen LogP contribution in [0.5, 0.6) is 5.75 Å². The van der Waals surface area contributed by atoms with Gasteiger partial charge in [-0.2, -0.15) is 5.10 Å². The number of aromatic nitrogens is 6. The van der Waals surface area contributed by atoms with E-state index in [0.29, 0.717) is 22.3 Å². The van der Waals surface area contributed by atoms with Crippen LogP contribution in [0, 0.1) is 5.82 Å². The summed E-state index contributed by atoms with van der Waals surface area (Å²) in [5, 5.41) is 15.3. The van der Waals surface area contributed by atoms with Crippen LogP contribution >= 0.6 is 0 Å². The molecule has 0 aliphatic rings. The number of nitrogens with two attached hydrogens (primary N) is 1. The van der Waals surface area contributed by atoms with Gasteiger partial charge in [-0.25, -0.2) is 19.0 Å². The summed E-state index contributed by atoms with van der Waals surface area (Å²) in [5.41, 5.74) is 11.3. The Balaban J connectivity index is 1.61. The summed E-state index contributed by atoms with van der Waals surface area (Å²) in [7, 11) is 0. The van der Waals surface area contributed by atoms with E-state index in [2.05, 4.69) is 25.4 Å². The fraction of sp³-hybridized carbons (Fsp3) is 0.0769. The summed E-state index contributed by atoms with van der Waals surface area (Å²) in [6, 6.07) is 17.4. The summed E-state index contributed by atoms with van der Waals surface area (Å²) in [6.07, 6.45) is 5.14. The topological polar surface area (TPSA) is 107 Å². The maximum Gasteiger partial charge on any atom is 0.164 e. The third kappa shape index (κ3) is 3.36. The molecule has 9 heteroatoms. The highest BCUT2D eigenvalue weighted by Crippen LogP contribution is 2.37. The first kappa shape index (κ1) is 20.8. The lowest BCUT2D eigenvalue weighted by Crippen LogP contribution is -2.10. The lowest BCUT2D eigenvalue weighted by molar-refractivity contribution is 0.469. The molecule has 0 saturated heterocycles. The molecule has 0 unspecified atom stereocenters. The van der Waals surface area contributed by atoms with Crippen molar-refractivity contribution in [2.45, 2.75) is 13.0 Å². The van der Waals surface area contributed by atoms with Gasteiger partial charge < -0.3 is 15.2 Å². The van der Waals surface area contributed by atoms with E-state index in [9.17, 15) is 9.50 Å². The molecule has 8 nitrogen and oxygen atoms in total. The Labute approximate surface area is 199 Å². The second-order valence-corrected chi connectivity index (χ2v) is 8.28. The number of benzene rings is 1. The summed E-state index contributed by atoms with van der Waals surface area (Å²) in [4.78, 5) is 13.2. The number of nitrogens with zero attached hydrogens (tertiary/aromatic N) is 6. The van der Waals surface area contributed by atoms with E-state index in [0.717, 1.165) is 28.5 Å². The minimum absolute atomic E-state index is 0.206. The summed E-state index contributed by atoms with van der Waals surface area (Å²) >= 11 is 0. The number of phenols is 1. The molecule has 0 spiro atoms. The molecule has 0 amide bonds. The second-order valence-electron chi connectivity index (χ2n) is 8.28. The van der Waals surface area contributed by atoms with E-state index in [4.69, 9.17) is 10.8 Å². The van der Waals surface area contributed by atoms with Crippen molar-refractivity contribution in [1.82, 2.24) is 29.1 Å². The molecular weight excluding hydrogens is 445 g/mol. The van der Waals surface area contributed by atoms with Crippen molar-refractivity contribution in [3.63, 3.8) is 0 Å². The molecule has 35 heavy (non-hydrogen) atoms. The number of fused-ring (bicyclic) bond motifs is 2. The van der Waals surface area contributed by atoms with Gasteiger partial charge in [-0.3, -0.25) is 4.98 Å². The van der Waals surface area contributed by atoms with Crippen LogP contribution in [0.25, 0.3) is 39.2 Å². The number of nitrogen functional groups attached to an aromatic ring is 1. The smallest absolute Gasteiger partial charge is 0.164 e. The van der Waals surface area contributed by atoms with Crippen molar-refractivity contribution >= 4 is 22.4 Å². The zero-order valence-corrected chi connectivity index (χ0v) is 18.7. The molecule has 5 heterocycles. The minimum atomic E-state index is -0.581.